The average molecular weight is 283 g/mol. The summed E-state index contributed by atoms with van der Waals surface area (Å²) in [5.41, 5.74) is 0.0381. The molecule has 2 atom stereocenters. The van der Waals surface area contributed by atoms with E-state index in [1.807, 2.05) is 0 Å². The zero-order valence-electron chi connectivity index (χ0n) is 13.4. The summed E-state index contributed by atoms with van der Waals surface area (Å²) in [4.78, 5) is 4.80. The molecule has 0 aliphatic heterocycles. The summed E-state index contributed by atoms with van der Waals surface area (Å²) in [6, 6.07) is 0.445. The Morgan fingerprint density at radius 2 is 1.84 bits per heavy atom. The first kappa shape index (κ1) is 16.6. The van der Waals surface area contributed by atoms with Crippen LogP contribution in [0.4, 0.5) is 0 Å². The Morgan fingerprint density at radius 3 is 2.26 bits per heavy atom. The number of rotatable bonds is 6. The highest BCUT2D eigenvalue weighted by Gasteiger charge is 2.28. The Hall–Kier alpha value is -0.480. The second kappa shape index (κ2) is 6.80. The fraction of sp³-hybridized carbons (Fsp3) is 0.867. The molecule has 0 bridgehead atoms. The number of aromatic nitrogens is 2. The van der Waals surface area contributed by atoms with Crippen LogP contribution in [0, 0.1) is 5.92 Å². The number of nitrogens with zero attached hydrogens (tertiary/aromatic N) is 2. The van der Waals surface area contributed by atoms with Crippen LogP contribution in [-0.4, -0.2) is 21.9 Å². The van der Waals surface area contributed by atoms with Crippen LogP contribution in [0.25, 0.3) is 0 Å². The molecule has 0 amide bonds. The molecule has 1 heterocycles. The van der Waals surface area contributed by atoms with Gasteiger partial charge in [0.15, 0.2) is 0 Å². The van der Waals surface area contributed by atoms with Gasteiger partial charge in [0, 0.05) is 17.4 Å². The van der Waals surface area contributed by atoms with Crippen LogP contribution in [0.1, 0.15) is 71.6 Å². The molecule has 1 N–H and O–H groups in total. The van der Waals surface area contributed by atoms with Crippen LogP contribution in [-0.2, 0) is 5.41 Å². The van der Waals surface area contributed by atoms with E-state index in [0.717, 1.165) is 12.4 Å². The van der Waals surface area contributed by atoms with Crippen LogP contribution in [0.5, 0.6) is 0 Å². The highest BCUT2D eigenvalue weighted by Crippen LogP contribution is 2.31. The second-order valence-corrected chi connectivity index (χ2v) is 7.50. The van der Waals surface area contributed by atoms with Gasteiger partial charge >= 0.3 is 0 Å². The van der Waals surface area contributed by atoms with E-state index in [4.69, 9.17) is 4.98 Å². The van der Waals surface area contributed by atoms with Crippen molar-refractivity contribution >= 4 is 11.5 Å². The van der Waals surface area contributed by atoms with Gasteiger partial charge < -0.3 is 5.32 Å². The number of hydrogen-bond donors (Lipinski definition) is 1. The van der Waals surface area contributed by atoms with Gasteiger partial charge in [-0.3, -0.25) is 0 Å². The molecule has 1 rings (SSSR count). The Morgan fingerprint density at radius 1 is 1.21 bits per heavy atom. The van der Waals surface area contributed by atoms with Gasteiger partial charge in [0.25, 0.3) is 0 Å². The van der Waals surface area contributed by atoms with Gasteiger partial charge in [0.05, 0.1) is 0 Å². The fourth-order valence-corrected chi connectivity index (χ4v) is 3.47. The molecule has 4 heteroatoms. The van der Waals surface area contributed by atoms with Gasteiger partial charge in [0.1, 0.15) is 10.8 Å². The third-order valence-corrected chi connectivity index (χ3v) is 4.19. The van der Waals surface area contributed by atoms with Crippen LogP contribution < -0.4 is 5.32 Å². The summed E-state index contributed by atoms with van der Waals surface area (Å²) in [6.45, 7) is 16.6. The molecule has 0 radical (unpaired) electrons. The molecule has 2 unspecified atom stereocenters. The van der Waals surface area contributed by atoms with Crippen molar-refractivity contribution in [1.82, 2.24) is 14.7 Å². The predicted octanol–water partition coefficient (Wildman–Crippen LogP) is 3.96. The first-order chi connectivity index (χ1) is 8.77. The molecule has 0 aromatic carbocycles. The minimum Gasteiger partial charge on any atom is -0.314 e. The van der Waals surface area contributed by atoms with Crippen molar-refractivity contribution in [1.29, 1.82) is 0 Å². The Bertz CT molecular complexity index is 379. The summed E-state index contributed by atoms with van der Waals surface area (Å²) in [5, 5.41) is 4.78. The zero-order valence-corrected chi connectivity index (χ0v) is 14.3. The molecule has 0 saturated heterocycles. The molecule has 0 fully saturated rings. The smallest absolute Gasteiger partial charge is 0.147 e. The van der Waals surface area contributed by atoms with Crippen molar-refractivity contribution in [2.24, 2.45) is 5.92 Å². The van der Waals surface area contributed by atoms with E-state index in [0.29, 0.717) is 17.9 Å². The van der Waals surface area contributed by atoms with Crippen molar-refractivity contribution in [3.05, 3.63) is 10.8 Å². The van der Waals surface area contributed by atoms with Gasteiger partial charge in [-0.05, 0) is 37.3 Å². The lowest BCUT2D eigenvalue weighted by atomic mass is 9.89. The van der Waals surface area contributed by atoms with Crippen LogP contribution in [0.3, 0.4) is 0 Å². The lowest BCUT2D eigenvalue weighted by Gasteiger charge is -2.26. The summed E-state index contributed by atoms with van der Waals surface area (Å²) < 4.78 is 4.56. The Labute approximate surface area is 122 Å². The molecule has 0 aliphatic rings. The molecule has 3 nitrogen and oxygen atoms in total. The van der Waals surface area contributed by atoms with E-state index in [2.05, 4.69) is 58.2 Å². The van der Waals surface area contributed by atoms with E-state index in [1.165, 1.54) is 11.4 Å². The summed E-state index contributed by atoms with van der Waals surface area (Å²) in [6.07, 6.45) is 1.17. The maximum Gasteiger partial charge on any atom is 0.147 e. The molecule has 0 aliphatic carbocycles. The molecule has 1 aromatic rings. The molecule has 110 valence electrons. The third-order valence-electron chi connectivity index (χ3n) is 3.37. The van der Waals surface area contributed by atoms with Gasteiger partial charge in [-0.25, -0.2) is 4.98 Å². The summed E-state index contributed by atoms with van der Waals surface area (Å²) >= 11 is 1.57. The van der Waals surface area contributed by atoms with Crippen LogP contribution >= 0.6 is 11.5 Å². The quantitative estimate of drug-likeness (QED) is 0.858. The fourth-order valence-electron chi connectivity index (χ4n) is 2.25. The molecule has 19 heavy (non-hydrogen) atoms. The molecule has 0 saturated carbocycles. The van der Waals surface area contributed by atoms with Crippen molar-refractivity contribution < 1.29 is 0 Å². The molecular weight excluding hydrogens is 254 g/mol. The second-order valence-electron chi connectivity index (χ2n) is 6.72. The highest BCUT2D eigenvalue weighted by molar-refractivity contribution is 7.05. The highest BCUT2D eigenvalue weighted by atomic mass is 32.1. The van der Waals surface area contributed by atoms with E-state index < -0.39 is 0 Å². The first-order valence-corrected chi connectivity index (χ1v) is 8.12. The van der Waals surface area contributed by atoms with Crippen LogP contribution in [0.15, 0.2) is 0 Å². The minimum absolute atomic E-state index is 0.0381. The zero-order chi connectivity index (χ0) is 14.6. The Balaban J connectivity index is 2.90. The first-order valence-electron chi connectivity index (χ1n) is 7.34. The van der Waals surface area contributed by atoms with Crippen molar-refractivity contribution in [3.8, 4) is 0 Å². The van der Waals surface area contributed by atoms with Gasteiger partial charge in [-0.15, -0.1) is 0 Å². The van der Waals surface area contributed by atoms with E-state index in [-0.39, 0.29) is 5.41 Å². The standard InChI is InChI=1S/C15H29N3S/c1-8-9-16-11(4)12(10(2)3)13-17-14(18-19-13)15(5,6)7/h10-12,16H,8-9H2,1-7H3. The Kier molecular flexibility index (Phi) is 5.93. The van der Waals surface area contributed by atoms with Crippen LogP contribution in [0.2, 0.25) is 0 Å². The largest absolute Gasteiger partial charge is 0.314 e. The number of nitrogens with one attached hydrogen (secondary N) is 1. The average Bonchev–Trinajstić information content (AvgIpc) is 2.74. The lowest BCUT2D eigenvalue weighted by molar-refractivity contribution is 0.375. The predicted molar refractivity (Wildman–Crippen MR) is 83.9 cm³/mol. The van der Waals surface area contributed by atoms with Gasteiger partial charge in [-0.2, -0.15) is 4.37 Å². The summed E-state index contributed by atoms with van der Waals surface area (Å²) in [7, 11) is 0. The topological polar surface area (TPSA) is 37.8 Å². The van der Waals surface area contributed by atoms with Gasteiger partial charge in [-0.1, -0.05) is 41.5 Å². The lowest BCUT2D eigenvalue weighted by Crippen LogP contribution is -2.35. The van der Waals surface area contributed by atoms with Crippen molar-refractivity contribution in [2.75, 3.05) is 6.54 Å². The minimum atomic E-state index is 0.0381. The monoisotopic (exact) mass is 283 g/mol. The van der Waals surface area contributed by atoms with Crippen molar-refractivity contribution in [3.63, 3.8) is 0 Å². The molecule has 0 spiro atoms. The van der Waals surface area contributed by atoms with E-state index >= 15 is 0 Å². The third kappa shape index (κ3) is 4.53. The summed E-state index contributed by atoms with van der Waals surface area (Å²) in [5.74, 6) is 1.99. The normalized spacial score (nSPS) is 15.8. The maximum atomic E-state index is 4.80. The maximum absolute atomic E-state index is 4.80. The SMILES string of the molecule is CCCNC(C)C(c1nc(C(C)(C)C)ns1)C(C)C. The molecule has 1 aromatic heterocycles. The van der Waals surface area contributed by atoms with E-state index in [1.54, 1.807) is 11.5 Å². The van der Waals surface area contributed by atoms with E-state index in [9.17, 15) is 0 Å². The number of hydrogen-bond acceptors (Lipinski definition) is 4. The van der Waals surface area contributed by atoms with Gasteiger partial charge in [0.2, 0.25) is 0 Å². The molecular formula is C15H29N3S. The van der Waals surface area contributed by atoms with Crippen molar-refractivity contribution in [2.45, 2.75) is 72.3 Å².